The first-order valence-corrected chi connectivity index (χ1v) is 9.69. The molecule has 0 fully saturated rings. The summed E-state index contributed by atoms with van der Waals surface area (Å²) in [6.07, 6.45) is 4.43. The van der Waals surface area contributed by atoms with E-state index in [0.717, 1.165) is 39.8 Å². The summed E-state index contributed by atoms with van der Waals surface area (Å²) in [5.74, 6) is 0.830. The second-order valence-electron chi connectivity index (χ2n) is 6.97. The summed E-state index contributed by atoms with van der Waals surface area (Å²) in [5.41, 5.74) is 3.02. The molecule has 2 aromatic heterocycles. The van der Waals surface area contributed by atoms with Crippen LogP contribution >= 0.6 is 0 Å². The Morgan fingerprint density at radius 3 is 2.62 bits per heavy atom. The van der Waals surface area contributed by atoms with Crippen LogP contribution in [0.25, 0.3) is 21.8 Å². The lowest BCUT2D eigenvalue weighted by molar-refractivity contribution is -0.116. The Bertz CT molecular complexity index is 1140. The van der Waals surface area contributed by atoms with E-state index < -0.39 is 0 Å². The van der Waals surface area contributed by atoms with Gasteiger partial charge in [0.25, 0.3) is 0 Å². The van der Waals surface area contributed by atoms with E-state index in [-0.39, 0.29) is 5.91 Å². The van der Waals surface area contributed by atoms with Crippen molar-refractivity contribution in [2.24, 2.45) is 0 Å². The molecule has 0 aliphatic heterocycles. The van der Waals surface area contributed by atoms with Gasteiger partial charge in [-0.1, -0.05) is 6.07 Å². The molecule has 0 unspecified atom stereocenters. The number of amides is 1. The first-order chi connectivity index (χ1) is 14.2. The maximum absolute atomic E-state index is 12.6. The van der Waals surface area contributed by atoms with Crippen molar-refractivity contribution in [3.05, 3.63) is 60.9 Å². The van der Waals surface area contributed by atoms with Crippen molar-refractivity contribution < 1.29 is 14.3 Å². The van der Waals surface area contributed by atoms with E-state index in [1.165, 1.54) is 0 Å². The Kier molecular flexibility index (Phi) is 5.53. The normalized spacial score (nSPS) is 11.2. The van der Waals surface area contributed by atoms with Crippen LogP contribution in [-0.4, -0.2) is 35.9 Å². The van der Waals surface area contributed by atoms with Crippen LogP contribution < -0.4 is 10.1 Å². The molecular formula is C23H25N3O3. The van der Waals surface area contributed by atoms with Gasteiger partial charge in [0.2, 0.25) is 5.91 Å². The van der Waals surface area contributed by atoms with Gasteiger partial charge >= 0.3 is 0 Å². The molecule has 0 atom stereocenters. The van der Waals surface area contributed by atoms with E-state index in [1.807, 2.05) is 54.9 Å². The fourth-order valence-electron chi connectivity index (χ4n) is 3.65. The maximum atomic E-state index is 12.6. The third-order valence-corrected chi connectivity index (χ3v) is 5.18. The van der Waals surface area contributed by atoms with Gasteiger partial charge in [-0.3, -0.25) is 4.79 Å². The number of nitrogens with one attached hydrogen (secondary N) is 1. The van der Waals surface area contributed by atoms with Crippen LogP contribution in [-0.2, 0) is 22.6 Å². The van der Waals surface area contributed by atoms with Gasteiger partial charge in [-0.05, 0) is 42.5 Å². The van der Waals surface area contributed by atoms with Crippen molar-refractivity contribution in [1.82, 2.24) is 9.13 Å². The number of fused-ring (bicyclic) bond motifs is 2. The van der Waals surface area contributed by atoms with Crippen molar-refractivity contribution in [2.45, 2.75) is 19.5 Å². The molecule has 0 saturated carbocycles. The van der Waals surface area contributed by atoms with E-state index in [0.29, 0.717) is 19.6 Å². The molecule has 0 aliphatic carbocycles. The number of anilines is 1. The highest BCUT2D eigenvalue weighted by atomic mass is 16.5. The van der Waals surface area contributed by atoms with Crippen LogP contribution in [0.1, 0.15) is 6.42 Å². The lowest BCUT2D eigenvalue weighted by Gasteiger charge is -2.10. The van der Waals surface area contributed by atoms with Crippen LogP contribution in [0.5, 0.6) is 5.75 Å². The molecule has 4 aromatic rings. The summed E-state index contributed by atoms with van der Waals surface area (Å²) in [5, 5.41) is 5.21. The van der Waals surface area contributed by atoms with E-state index in [9.17, 15) is 4.79 Å². The molecule has 1 amide bonds. The summed E-state index contributed by atoms with van der Waals surface area (Å²) in [4.78, 5) is 12.6. The largest absolute Gasteiger partial charge is 0.497 e. The summed E-state index contributed by atoms with van der Waals surface area (Å²) >= 11 is 0. The third kappa shape index (κ3) is 3.98. The summed E-state index contributed by atoms with van der Waals surface area (Å²) in [6, 6.07) is 16.0. The topological polar surface area (TPSA) is 57.4 Å². The molecule has 4 rings (SSSR count). The monoisotopic (exact) mass is 391 g/mol. The SMILES string of the molecule is COCCn1ccc2c(NC(=O)CCn3ccc4cc(OC)ccc43)cccc21. The molecule has 2 heterocycles. The van der Waals surface area contributed by atoms with Crippen LogP contribution in [0.4, 0.5) is 5.69 Å². The average Bonchev–Trinajstić information content (AvgIpc) is 3.34. The van der Waals surface area contributed by atoms with Gasteiger partial charge in [0.15, 0.2) is 0 Å². The minimum Gasteiger partial charge on any atom is -0.497 e. The molecule has 29 heavy (non-hydrogen) atoms. The van der Waals surface area contributed by atoms with Crippen molar-refractivity contribution in [3.8, 4) is 5.75 Å². The molecule has 1 N–H and O–H groups in total. The molecule has 2 aromatic carbocycles. The van der Waals surface area contributed by atoms with Gasteiger partial charge in [0.1, 0.15) is 5.75 Å². The summed E-state index contributed by atoms with van der Waals surface area (Å²) < 4.78 is 14.7. The Morgan fingerprint density at radius 2 is 1.79 bits per heavy atom. The molecule has 0 bridgehead atoms. The van der Waals surface area contributed by atoms with Crippen molar-refractivity contribution in [3.63, 3.8) is 0 Å². The quantitative estimate of drug-likeness (QED) is 0.488. The number of aryl methyl sites for hydroxylation is 1. The van der Waals surface area contributed by atoms with Crippen molar-refractivity contribution in [1.29, 1.82) is 0 Å². The number of carbonyl (C=O) groups is 1. The molecule has 0 radical (unpaired) electrons. The zero-order valence-corrected chi connectivity index (χ0v) is 16.7. The van der Waals surface area contributed by atoms with E-state index in [1.54, 1.807) is 14.2 Å². The molecule has 0 aliphatic rings. The first-order valence-electron chi connectivity index (χ1n) is 9.69. The zero-order chi connectivity index (χ0) is 20.2. The number of aromatic nitrogens is 2. The number of nitrogens with zero attached hydrogens (tertiary/aromatic N) is 2. The van der Waals surface area contributed by atoms with Gasteiger partial charge in [0, 0.05) is 55.3 Å². The Hall–Kier alpha value is -3.25. The molecule has 6 nitrogen and oxygen atoms in total. The molecule has 6 heteroatoms. The molecule has 0 spiro atoms. The lowest BCUT2D eigenvalue weighted by atomic mass is 10.2. The second-order valence-corrected chi connectivity index (χ2v) is 6.97. The zero-order valence-electron chi connectivity index (χ0n) is 16.7. The van der Waals surface area contributed by atoms with Gasteiger partial charge in [-0.2, -0.15) is 0 Å². The van der Waals surface area contributed by atoms with E-state index in [2.05, 4.69) is 20.5 Å². The Balaban J connectivity index is 1.44. The smallest absolute Gasteiger partial charge is 0.226 e. The van der Waals surface area contributed by atoms with Crippen molar-refractivity contribution >= 4 is 33.4 Å². The Morgan fingerprint density at radius 1 is 0.966 bits per heavy atom. The van der Waals surface area contributed by atoms with Gasteiger partial charge in [0.05, 0.1) is 24.9 Å². The fraction of sp³-hybridized carbons (Fsp3) is 0.261. The third-order valence-electron chi connectivity index (χ3n) is 5.18. The predicted molar refractivity (Wildman–Crippen MR) is 116 cm³/mol. The summed E-state index contributed by atoms with van der Waals surface area (Å²) in [6.45, 7) is 2.05. The number of ether oxygens (including phenoxy) is 2. The first kappa shape index (κ1) is 19.1. The van der Waals surface area contributed by atoms with E-state index >= 15 is 0 Å². The minimum absolute atomic E-state index is 0.00231. The highest BCUT2D eigenvalue weighted by Gasteiger charge is 2.10. The number of carbonyl (C=O) groups excluding carboxylic acids is 1. The number of hydrogen-bond donors (Lipinski definition) is 1. The number of hydrogen-bond acceptors (Lipinski definition) is 3. The molecule has 0 saturated heterocycles. The number of rotatable bonds is 8. The standard InChI is InChI=1S/C23H25N3O3/c1-28-15-14-26-12-9-19-20(4-3-5-22(19)26)24-23(27)10-13-25-11-8-17-16-18(29-2)6-7-21(17)25/h3-9,11-12,16H,10,13-15H2,1-2H3,(H,24,27). The van der Waals surface area contributed by atoms with Gasteiger partial charge in [-0.25, -0.2) is 0 Å². The number of methoxy groups -OCH3 is 2. The highest BCUT2D eigenvalue weighted by Crippen LogP contribution is 2.25. The van der Waals surface area contributed by atoms with Gasteiger partial charge in [-0.15, -0.1) is 0 Å². The lowest BCUT2D eigenvalue weighted by Crippen LogP contribution is -2.14. The van der Waals surface area contributed by atoms with Crippen LogP contribution in [0.2, 0.25) is 0 Å². The number of benzene rings is 2. The van der Waals surface area contributed by atoms with Crippen LogP contribution in [0.15, 0.2) is 60.9 Å². The minimum atomic E-state index is -0.00231. The van der Waals surface area contributed by atoms with Crippen LogP contribution in [0.3, 0.4) is 0 Å². The van der Waals surface area contributed by atoms with Gasteiger partial charge < -0.3 is 23.9 Å². The summed E-state index contributed by atoms with van der Waals surface area (Å²) in [7, 11) is 3.36. The maximum Gasteiger partial charge on any atom is 0.226 e. The van der Waals surface area contributed by atoms with Crippen LogP contribution in [0, 0.1) is 0 Å². The van der Waals surface area contributed by atoms with Crippen molar-refractivity contribution in [2.75, 3.05) is 26.1 Å². The fourth-order valence-corrected chi connectivity index (χ4v) is 3.65. The molecular weight excluding hydrogens is 366 g/mol. The molecule has 150 valence electrons. The average molecular weight is 391 g/mol. The van der Waals surface area contributed by atoms with E-state index in [4.69, 9.17) is 9.47 Å². The highest BCUT2D eigenvalue weighted by molar-refractivity contribution is 6.01. The second kappa shape index (κ2) is 8.41. The Labute approximate surface area is 169 Å². The predicted octanol–water partition coefficient (Wildman–Crippen LogP) is 4.28.